The molecular weight excluding hydrogens is 276 g/mol. The highest BCUT2D eigenvalue weighted by atomic mass is 16.4. The lowest BCUT2D eigenvalue weighted by atomic mass is 10.0. The Morgan fingerprint density at radius 1 is 1.29 bits per heavy atom. The molecule has 2 rings (SSSR count). The number of aromatic amines is 1. The molecular formula is C14H18N2O5. The molecule has 3 atom stereocenters. The zero-order chi connectivity index (χ0) is 15.4. The highest BCUT2D eigenvalue weighted by molar-refractivity contribution is 5.84. The molecule has 0 amide bonds. The van der Waals surface area contributed by atoms with Crippen molar-refractivity contribution in [2.24, 2.45) is 0 Å². The third-order valence-corrected chi connectivity index (χ3v) is 3.32. The number of carboxylic acids is 1. The van der Waals surface area contributed by atoms with Crippen LogP contribution in [0.25, 0.3) is 10.9 Å². The average Bonchev–Trinajstić information content (AvgIpc) is 2.88. The Hall–Kier alpha value is -1.93. The number of carboxylic acid groups (broad SMARTS) is 1. The fraction of sp³-hybridized carbons (Fsp3) is 0.357. The maximum Gasteiger partial charge on any atom is 0.321 e. The van der Waals surface area contributed by atoms with Gasteiger partial charge in [-0.1, -0.05) is 18.2 Å². The minimum absolute atomic E-state index is 0.133. The molecule has 0 aliphatic rings. The molecule has 21 heavy (non-hydrogen) atoms. The lowest BCUT2D eigenvalue weighted by Crippen LogP contribution is -2.50. The van der Waals surface area contributed by atoms with Crippen LogP contribution in [0.5, 0.6) is 0 Å². The summed E-state index contributed by atoms with van der Waals surface area (Å²) in [6.45, 7) is -0.659. The van der Waals surface area contributed by atoms with E-state index < -0.39 is 30.9 Å². The van der Waals surface area contributed by atoms with Gasteiger partial charge in [-0.05, 0) is 11.6 Å². The molecule has 1 aromatic carbocycles. The third-order valence-electron chi connectivity index (χ3n) is 3.32. The third kappa shape index (κ3) is 3.59. The maximum atomic E-state index is 11.3. The molecule has 2 unspecified atom stereocenters. The molecule has 0 saturated carbocycles. The first-order valence-corrected chi connectivity index (χ1v) is 6.53. The second kappa shape index (κ2) is 6.68. The number of H-pyrrole nitrogens is 1. The predicted molar refractivity (Wildman–Crippen MR) is 75.7 cm³/mol. The molecule has 0 spiro atoms. The van der Waals surface area contributed by atoms with Gasteiger partial charge in [0.15, 0.2) is 0 Å². The second-order valence-electron chi connectivity index (χ2n) is 4.82. The highest BCUT2D eigenvalue weighted by Gasteiger charge is 2.25. The predicted octanol–water partition coefficient (Wildman–Crippen LogP) is -0.575. The van der Waals surface area contributed by atoms with Crippen molar-refractivity contribution in [3.8, 4) is 0 Å². The van der Waals surface area contributed by atoms with E-state index in [1.165, 1.54) is 0 Å². The van der Waals surface area contributed by atoms with Crippen LogP contribution >= 0.6 is 0 Å². The molecule has 0 radical (unpaired) electrons. The van der Waals surface area contributed by atoms with E-state index in [0.717, 1.165) is 16.5 Å². The van der Waals surface area contributed by atoms with Crippen LogP contribution in [-0.2, 0) is 11.2 Å². The first kappa shape index (κ1) is 15.5. The topological polar surface area (TPSA) is 126 Å². The van der Waals surface area contributed by atoms with E-state index in [0.29, 0.717) is 0 Å². The summed E-state index contributed by atoms with van der Waals surface area (Å²) < 4.78 is 0. The van der Waals surface area contributed by atoms with Crippen molar-refractivity contribution in [1.82, 2.24) is 10.3 Å². The van der Waals surface area contributed by atoms with E-state index in [9.17, 15) is 20.1 Å². The van der Waals surface area contributed by atoms with Gasteiger partial charge in [-0.3, -0.25) is 10.1 Å². The Kier molecular flexibility index (Phi) is 4.92. The SMILES string of the molecule is O=C(O)[C@H](Cc1c[nH]c2ccccc12)NC(O)C(O)CO. The Morgan fingerprint density at radius 2 is 2.00 bits per heavy atom. The van der Waals surface area contributed by atoms with Crippen LogP contribution in [-0.4, -0.2) is 56.4 Å². The number of carbonyl (C=O) groups is 1. The number of aliphatic hydroxyl groups is 3. The summed E-state index contributed by atoms with van der Waals surface area (Å²) in [5, 5.41) is 40.2. The number of nitrogens with one attached hydrogen (secondary N) is 2. The van der Waals surface area contributed by atoms with Crippen molar-refractivity contribution >= 4 is 16.9 Å². The minimum Gasteiger partial charge on any atom is -0.480 e. The summed E-state index contributed by atoms with van der Waals surface area (Å²) in [5.41, 5.74) is 1.68. The molecule has 7 nitrogen and oxygen atoms in total. The summed E-state index contributed by atoms with van der Waals surface area (Å²) in [6.07, 6.45) is -1.10. The lowest BCUT2D eigenvalue weighted by Gasteiger charge is -2.22. The number of aromatic nitrogens is 1. The van der Waals surface area contributed by atoms with Crippen molar-refractivity contribution in [3.05, 3.63) is 36.0 Å². The van der Waals surface area contributed by atoms with Gasteiger partial charge >= 0.3 is 5.97 Å². The maximum absolute atomic E-state index is 11.3. The van der Waals surface area contributed by atoms with Crippen molar-refractivity contribution < 1.29 is 25.2 Å². The zero-order valence-electron chi connectivity index (χ0n) is 11.2. The molecule has 0 aliphatic heterocycles. The molecule has 114 valence electrons. The number of fused-ring (bicyclic) bond motifs is 1. The standard InChI is InChI=1S/C14H18N2O5/c17-7-12(18)13(19)16-11(14(20)21)5-8-6-15-10-4-2-1-3-9(8)10/h1-4,6,11-13,15-19H,5,7H2,(H,20,21)/t11-,12?,13?/m0/s1. The van der Waals surface area contributed by atoms with Gasteiger partial charge in [-0.25, -0.2) is 0 Å². The van der Waals surface area contributed by atoms with Crippen LogP contribution in [0.4, 0.5) is 0 Å². The Morgan fingerprint density at radius 3 is 2.67 bits per heavy atom. The van der Waals surface area contributed by atoms with Gasteiger partial charge in [0.1, 0.15) is 18.4 Å². The fourth-order valence-corrected chi connectivity index (χ4v) is 2.15. The van der Waals surface area contributed by atoms with Gasteiger partial charge in [0.25, 0.3) is 0 Å². The number of hydrogen-bond donors (Lipinski definition) is 6. The van der Waals surface area contributed by atoms with E-state index in [2.05, 4.69) is 10.3 Å². The molecule has 0 fully saturated rings. The fourth-order valence-electron chi connectivity index (χ4n) is 2.15. The van der Waals surface area contributed by atoms with E-state index in [1.807, 2.05) is 24.3 Å². The van der Waals surface area contributed by atoms with E-state index in [4.69, 9.17) is 5.11 Å². The van der Waals surface area contributed by atoms with Gasteiger partial charge in [-0.15, -0.1) is 0 Å². The minimum atomic E-state index is -1.51. The van der Waals surface area contributed by atoms with Gasteiger partial charge in [0.2, 0.25) is 0 Å². The normalized spacial score (nSPS) is 15.8. The number of para-hydroxylation sites is 1. The molecule has 7 heteroatoms. The average molecular weight is 294 g/mol. The quantitative estimate of drug-likeness (QED) is 0.380. The van der Waals surface area contributed by atoms with Crippen LogP contribution in [0.2, 0.25) is 0 Å². The number of rotatable bonds is 7. The van der Waals surface area contributed by atoms with Crippen molar-refractivity contribution in [1.29, 1.82) is 0 Å². The Labute approximate surface area is 120 Å². The first-order valence-electron chi connectivity index (χ1n) is 6.53. The summed E-state index contributed by atoms with van der Waals surface area (Å²) >= 11 is 0. The largest absolute Gasteiger partial charge is 0.480 e. The molecule has 2 aromatic rings. The van der Waals surface area contributed by atoms with Crippen molar-refractivity contribution in [3.63, 3.8) is 0 Å². The van der Waals surface area contributed by atoms with Crippen LogP contribution < -0.4 is 5.32 Å². The van der Waals surface area contributed by atoms with Crippen molar-refractivity contribution in [2.45, 2.75) is 24.8 Å². The summed E-state index contributed by atoms with van der Waals surface area (Å²) in [4.78, 5) is 14.3. The van der Waals surface area contributed by atoms with Gasteiger partial charge in [0.05, 0.1) is 6.61 Å². The van der Waals surface area contributed by atoms with E-state index >= 15 is 0 Å². The number of aliphatic carboxylic acids is 1. The van der Waals surface area contributed by atoms with Gasteiger partial charge < -0.3 is 25.4 Å². The second-order valence-corrected chi connectivity index (χ2v) is 4.82. The van der Waals surface area contributed by atoms with Crippen LogP contribution in [0.1, 0.15) is 5.56 Å². The highest BCUT2D eigenvalue weighted by Crippen LogP contribution is 2.19. The number of benzene rings is 1. The smallest absolute Gasteiger partial charge is 0.321 e. The Balaban J connectivity index is 2.15. The number of hydrogen-bond acceptors (Lipinski definition) is 5. The van der Waals surface area contributed by atoms with Crippen LogP contribution in [0.3, 0.4) is 0 Å². The molecule has 0 bridgehead atoms. The molecule has 6 N–H and O–H groups in total. The number of aliphatic hydroxyl groups excluding tert-OH is 3. The van der Waals surface area contributed by atoms with E-state index in [-0.39, 0.29) is 6.42 Å². The lowest BCUT2D eigenvalue weighted by molar-refractivity contribution is -0.141. The monoisotopic (exact) mass is 294 g/mol. The van der Waals surface area contributed by atoms with Crippen LogP contribution in [0.15, 0.2) is 30.5 Å². The zero-order valence-corrected chi connectivity index (χ0v) is 11.2. The molecule has 1 aromatic heterocycles. The molecule has 0 aliphatic carbocycles. The first-order chi connectivity index (χ1) is 10.0. The summed E-state index contributed by atoms with van der Waals surface area (Å²) in [5.74, 6) is -1.15. The van der Waals surface area contributed by atoms with Gasteiger partial charge in [-0.2, -0.15) is 0 Å². The Bertz CT molecular complexity index is 612. The summed E-state index contributed by atoms with van der Waals surface area (Å²) in [6, 6.07) is 6.40. The molecule has 0 saturated heterocycles. The summed E-state index contributed by atoms with van der Waals surface area (Å²) in [7, 11) is 0. The molecule has 1 heterocycles. The van der Waals surface area contributed by atoms with Crippen molar-refractivity contribution in [2.75, 3.05) is 6.61 Å². The van der Waals surface area contributed by atoms with Gasteiger partial charge in [0, 0.05) is 23.5 Å². The van der Waals surface area contributed by atoms with E-state index in [1.54, 1.807) is 6.20 Å². The van der Waals surface area contributed by atoms with Crippen LogP contribution in [0, 0.1) is 0 Å².